The Balaban J connectivity index is 1.37. The summed E-state index contributed by atoms with van der Waals surface area (Å²) < 4.78 is 6.86. The summed E-state index contributed by atoms with van der Waals surface area (Å²) in [5.41, 5.74) is 4.41. The number of carboxylic acids is 1. The van der Waals surface area contributed by atoms with Crippen LogP contribution in [0.2, 0.25) is 0 Å². The van der Waals surface area contributed by atoms with E-state index < -0.39 is 23.9 Å². The number of aromatic carboxylic acids is 1. The molecule has 4 rings (SSSR count). The lowest BCUT2D eigenvalue weighted by molar-refractivity contribution is -0.120. The number of hydrogen-bond acceptors (Lipinski definition) is 5. The molecule has 0 aliphatic heterocycles. The molecule has 2 aromatic carbocycles. The lowest BCUT2D eigenvalue weighted by Crippen LogP contribution is -2.39. The first-order valence-corrected chi connectivity index (χ1v) is 11.4. The van der Waals surface area contributed by atoms with Crippen LogP contribution in [-0.4, -0.2) is 46.0 Å². The van der Waals surface area contributed by atoms with Gasteiger partial charge < -0.3 is 20.5 Å². The van der Waals surface area contributed by atoms with E-state index in [0.29, 0.717) is 0 Å². The van der Waals surface area contributed by atoms with E-state index in [0.717, 1.165) is 22.3 Å². The summed E-state index contributed by atoms with van der Waals surface area (Å²) in [5, 5.41) is 18.6. The maximum absolute atomic E-state index is 12.8. The molecule has 9 heteroatoms. The quantitative estimate of drug-likeness (QED) is 0.454. The largest absolute Gasteiger partial charge is 0.477 e. The van der Waals surface area contributed by atoms with Crippen molar-refractivity contribution in [2.75, 3.05) is 18.5 Å². The van der Waals surface area contributed by atoms with Crippen molar-refractivity contribution in [3.63, 3.8) is 0 Å². The van der Waals surface area contributed by atoms with Gasteiger partial charge >= 0.3 is 12.1 Å². The molecule has 1 unspecified atom stereocenters. The zero-order valence-electron chi connectivity index (χ0n) is 19.8. The van der Waals surface area contributed by atoms with E-state index in [1.807, 2.05) is 50.2 Å². The third-order valence-electron chi connectivity index (χ3n) is 6.25. The summed E-state index contributed by atoms with van der Waals surface area (Å²) in [7, 11) is 1.57. The topological polar surface area (TPSA) is 123 Å². The molecule has 182 valence electrons. The molecule has 2 amide bonds. The Morgan fingerprint density at radius 3 is 2.23 bits per heavy atom. The van der Waals surface area contributed by atoms with Crippen molar-refractivity contribution in [2.45, 2.75) is 19.8 Å². The van der Waals surface area contributed by atoms with Crippen LogP contribution in [-0.2, 0) is 16.6 Å². The average molecular weight is 477 g/mol. The summed E-state index contributed by atoms with van der Waals surface area (Å²) in [4.78, 5) is 36.8. The van der Waals surface area contributed by atoms with Gasteiger partial charge in [-0.2, -0.15) is 5.10 Å². The second-order valence-corrected chi connectivity index (χ2v) is 8.92. The van der Waals surface area contributed by atoms with Gasteiger partial charge in [-0.05, 0) is 28.2 Å². The van der Waals surface area contributed by atoms with Crippen LogP contribution >= 0.6 is 0 Å². The fourth-order valence-corrected chi connectivity index (χ4v) is 4.42. The number of nitrogens with zero attached hydrogens (tertiary/aromatic N) is 2. The normalized spacial score (nSPS) is 13.1. The van der Waals surface area contributed by atoms with Crippen molar-refractivity contribution in [3.8, 4) is 11.1 Å². The molecule has 0 saturated heterocycles. The number of carboxylic acid groups (broad SMARTS) is 1. The van der Waals surface area contributed by atoms with Crippen LogP contribution < -0.4 is 10.6 Å². The number of fused-ring (bicyclic) bond motifs is 3. The molecular formula is C26H28N4O5. The van der Waals surface area contributed by atoms with Crippen LogP contribution in [0.5, 0.6) is 0 Å². The molecule has 0 radical (unpaired) electrons. The number of anilines is 1. The monoisotopic (exact) mass is 476 g/mol. The van der Waals surface area contributed by atoms with Crippen molar-refractivity contribution < 1.29 is 24.2 Å². The minimum Gasteiger partial charge on any atom is -0.477 e. The Kier molecular flexibility index (Phi) is 6.86. The Hall–Kier alpha value is -4.14. The molecule has 3 N–H and O–H groups in total. The van der Waals surface area contributed by atoms with Gasteiger partial charge in [0.1, 0.15) is 12.2 Å². The lowest BCUT2D eigenvalue weighted by atomic mass is 9.95. The van der Waals surface area contributed by atoms with Crippen LogP contribution in [0.1, 0.15) is 41.3 Å². The highest BCUT2D eigenvalue weighted by molar-refractivity contribution is 6.00. The Morgan fingerprint density at radius 2 is 1.66 bits per heavy atom. The highest BCUT2D eigenvalue weighted by Crippen LogP contribution is 2.44. The first-order chi connectivity index (χ1) is 16.8. The first-order valence-electron chi connectivity index (χ1n) is 11.4. The summed E-state index contributed by atoms with van der Waals surface area (Å²) in [6.45, 7) is 3.91. The second-order valence-electron chi connectivity index (χ2n) is 8.92. The van der Waals surface area contributed by atoms with Crippen molar-refractivity contribution >= 4 is 23.8 Å². The van der Waals surface area contributed by atoms with Crippen LogP contribution in [0.4, 0.5) is 10.6 Å². The predicted molar refractivity (Wildman–Crippen MR) is 130 cm³/mol. The molecular weight excluding hydrogens is 448 g/mol. The summed E-state index contributed by atoms with van der Waals surface area (Å²) in [6.07, 6.45) is 0.700. The van der Waals surface area contributed by atoms with Gasteiger partial charge in [-0.25, -0.2) is 9.59 Å². The third kappa shape index (κ3) is 5.03. The summed E-state index contributed by atoms with van der Waals surface area (Å²) >= 11 is 0. The van der Waals surface area contributed by atoms with Gasteiger partial charge in [0.15, 0.2) is 5.82 Å². The minimum absolute atomic E-state index is 0.0307. The highest BCUT2D eigenvalue weighted by Gasteiger charge is 2.30. The van der Waals surface area contributed by atoms with E-state index in [9.17, 15) is 19.5 Å². The first kappa shape index (κ1) is 24.0. The molecule has 1 atom stereocenters. The summed E-state index contributed by atoms with van der Waals surface area (Å²) in [5.74, 6) is -2.45. The number of hydrogen-bond donors (Lipinski definition) is 3. The number of rotatable bonds is 8. The molecule has 1 aliphatic rings. The number of alkyl carbamates (subject to hydrolysis) is 1. The highest BCUT2D eigenvalue weighted by atomic mass is 16.5. The molecule has 1 aliphatic carbocycles. The van der Waals surface area contributed by atoms with E-state index in [1.54, 1.807) is 7.05 Å². The van der Waals surface area contributed by atoms with Gasteiger partial charge in [-0.3, -0.25) is 9.48 Å². The van der Waals surface area contributed by atoms with Crippen LogP contribution in [0.3, 0.4) is 0 Å². The fraction of sp³-hybridized carbons (Fsp3) is 0.308. The van der Waals surface area contributed by atoms with Crippen LogP contribution in [0, 0.1) is 11.8 Å². The van der Waals surface area contributed by atoms with Gasteiger partial charge in [-0.1, -0.05) is 62.4 Å². The average Bonchev–Trinajstić information content (AvgIpc) is 3.35. The Labute approximate surface area is 203 Å². The zero-order chi connectivity index (χ0) is 25.1. The molecule has 1 aromatic heterocycles. The van der Waals surface area contributed by atoms with Gasteiger partial charge in [0, 0.05) is 25.7 Å². The van der Waals surface area contributed by atoms with Crippen molar-refractivity contribution in [3.05, 3.63) is 71.4 Å². The smallest absolute Gasteiger partial charge is 0.407 e. The van der Waals surface area contributed by atoms with E-state index in [4.69, 9.17) is 4.74 Å². The van der Waals surface area contributed by atoms with Crippen LogP contribution in [0.15, 0.2) is 54.7 Å². The Morgan fingerprint density at radius 1 is 1.06 bits per heavy atom. The molecule has 0 fully saturated rings. The van der Waals surface area contributed by atoms with Gasteiger partial charge in [0.05, 0.1) is 5.92 Å². The Bertz CT molecular complexity index is 1220. The SMILES string of the molecule is CC(C)C(CNC(=O)OCC1c2ccccc2-c2ccccc21)C(=O)Nc1nn(C)cc1C(=O)O. The van der Waals surface area contributed by atoms with E-state index in [1.165, 1.54) is 10.9 Å². The number of nitrogens with one attached hydrogen (secondary N) is 2. The number of aromatic nitrogens is 2. The van der Waals surface area contributed by atoms with Gasteiger partial charge in [0.25, 0.3) is 0 Å². The number of carbonyl (C=O) groups excluding carboxylic acids is 2. The molecule has 35 heavy (non-hydrogen) atoms. The number of carbonyl (C=O) groups is 3. The molecule has 0 bridgehead atoms. The van der Waals surface area contributed by atoms with Crippen molar-refractivity contribution in [1.82, 2.24) is 15.1 Å². The minimum atomic E-state index is -1.19. The number of aryl methyl sites for hydroxylation is 1. The van der Waals surface area contributed by atoms with Gasteiger partial charge in [0.2, 0.25) is 5.91 Å². The lowest BCUT2D eigenvalue weighted by Gasteiger charge is -2.21. The molecule has 0 saturated carbocycles. The maximum atomic E-state index is 12.8. The van der Waals surface area contributed by atoms with Gasteiger partial charge in [-0.15, -0.1) is 0 Å². The summed E-state index contributed by atoms with van der Waals surface area (Å²) in [6, 6.07) is 16.2. The van der Waals surface area contributed by atoms with Crippen molar-refractivity contribution in [2.24, 2.45) is 18.9 Å². The number of amides is 2. The zero-order valence-corrected chi connectivity index (χ0v) is 19.8. The second kappa shape index (κ2) is 10.0. The maximum Gasteiger partial charge on any atom is 0.407 e. The van der Waals surface area contributed by atoms with Crippen LogP contribution in [0.25, 0.3) is 11.1 Å². The number of benzene rings is 2. The molecule has 3 aromatic rings. The molecule has 1 heterocycles. The standard InChI is InChI=1S/C26H28N4O5/c1-15(2)20(24(31)28-23-21(25(32)33)13-30(3)29-23)12-27-26(34)35-14-22-18-10-6-4-8-16(18)17-9-5-7-11-19(17)22/h4-11,13,15,20,22H,12,14H2,1-3H3,(H,27,34)(H,32,33)(H,28,29,31). The molecule has 9 nitrogen and oxygen atoms in total. The van der Waals surface area contributed by atoms with Crippen molar-refractivity contribution in [1.29, 1.82) is 0 Å². The predicted octanol–water partition coefficient (Wildman–Crippen LogP) is 3.87. The van der Waals surface area contributed by atoms with E-state index >= 15 is 0 Å². The molecule has 0 spiro atoms. The fourth-order valence-electron chi connectivity index (χ4n) is 4.42. The number of ether oxygens (including phenoxy) is 1. The third-order valence-corrected chi connectivity index (χ3v) is 6.25. The van der Waals surface area contributed by atoms with E-state index in [-0.39, 0.29) is 36.4 Å². The van der Waals surface area contributed by atoms with E-state index in [2.05, 4.69) is 27.9 Å².